The predicted molar refractivity (Wildman–Crippen MR) is 76.4 cm³/mol. The molecule has 18 heavy (non-hydrogen) atoms. The molecule has 0 amide bonds. The summed E-state index contributed by atoms with van der Waals surface area (Å²) in [7, 11) is 2.34. The van der Waals surface area contributed by atoms with Crippen molar-refractivity contribution in [3.63, 3.8) is 0 Å². The third-order valence-corrected chi connectivity index (χ3v) is 6.12. The predicted octanol–water partition coefficient (Wildman–Crippen LogP) is 2.87. The van der Waals surface area contributed by atoms with Gasteiger partial charge >= 0.3 is 0 Å². The van der Waals surface area contributed by atoms with Gasteiger partial charge in [0, 0.05) is 18.6 Å². The highest BCUT2D eigenvalue weighted by molar-refractivity contribution is 5.00. The molecule has 104 valence electrons. The van der Waals surface area contributed by atoms with Crippen LogP contribution in [0.2, 0.25) is 0 Å². The van der Waals surface area contributed by atoms with Gasteiger partial charge in [0.2, 0.25) is 0 Å². The molecule has 0 spiro atoms. The zero-order chi connectivity index (χ0) is 12.8. The topological polar surface area (TPSA) is 29.3 Å². The lowest BCUT2D eigenvalue weighted by Gasteiger charge is -2.47. The van der Waals surface area contributed by atoms with Crippen molar-refractivity contribution in [1.29, 1.82) is 0 Å². The summed E-state index contributed by atoms with van der Waals surface area (Å²) >= 11 is 0. The van der Waals surface area contributed by atoms with Gasteiger partial charge in [0.25, 0.3) is 0 Å². The van der Waals surface area contributed by atoms with E-state index >= 15 is 0 Å². The molecule has 3 aliphatic carbocycles. The van der Waals surface area contributed by atoms with E-state index < -0.39 is 0 Å². The molecular weight excluding hydrogens is 220 g/mol. The lowest BCUT2D eigenvalue weighted by Crippen LogP contribution is -2.55. The first-order chi connectivity index (χ1) is 8.64. The van der Waals surface area contributed by atoms with Crippen LogP contribution in [0, 0.1) is 23.7 Å². The molecular formula is C16H30N2. The number of hydrogen-bond donors (Lipinski definition) is 1. The molecule has 2 heteroatoms. The third-order valence-electron chi connectivity index (χ3n) is 6.12. The van der Waals surface area contributed by atoms with Crippen LogP contribution in [0.4, 0.5) is 0 Å². The molecule has 2 N–H and O–H groups in total. The highest BCUT2D eigenvalue weighted by Gasteiger charge is 2.45. The van der Waals surface area contributed by atoms with Crippen molar-refractivity contribution in [3.05, 3.63) is 0 Å². The van der Waals surface area contributed by atoms with E-state index in [-0.39, 0.29) is 0 Å². The Labute approximate surface area is 112 Å². The average molecular weight is 250 g/mol. The third kappa shape index (κ3) is 2.46. The van der Waals surface area contributed by atoms with Crippen LogP contribution in [-0.2, 0) is 0 Å². The van der Waals surface area contributed by atoms with E-state index in [1.165, 1.54) is 51.5 Å². The van der Waals surface area contributed by atoms with Gasteiger partial charge in [0.1, 0.15) is 0 Å². The monoisotopic (exact) mass is 250 g/mol. The zero-order valence-corrected chi connectivity index (χ0v) is 12.2. The molecule has 0 bridgehead atoms. The van der Waals surface area contributed by atoms with Crippen LogP contribution in [0.3, 0.4) is 0 Å². The lowest BCUT2D eigenvalue weighted by atomic mass is 9.73. The van der Waals surface area contributed by atoms with E-state index in [0.29, 0.717) is 5.54 Å². The molecule has 0 aromatic heterocycles. The van der Waals surface area contributed by atoms with Crippen LogP contribution >= 0.6 is 0 Å². The van der Waals surface area contributed by atoms with Gasteiger partial charge < -0.3 is 5.73 Å². The van der Waals surface area contributed by atoms with Crippen molar-refractivity contribution in [2.24, 2.45) is 29.4 Å². The fourth-order valence-corrected chi connectivity index (χ4v) is 4.24. The Bertz CT molecular complexity index is 299. The summed E-state index contributed by atoms with van der Waals surface area (Å²) in [4.78, 5) is 2.65. The van der Waals surface area contributed by atoms with E-state index in [4.69, 9.17) is 5.73 Å². The summed E-state index contributed by atoms with van der Waals surface area (Å²) in [6, 6.07) is 0. The first-order valence-corrected chi connectivity index (χ1v) is 8.06. The molecule has 0 saturated heterocycles. The van der Waals surface area contributed by atoms with Crippen molar-refractivity contribution in [3.8, 4) is 0 Å². The molecule has 3 fully saturated rings. The van der Waals surface area contributed by atoms with Crippen LogP contribution < -0.4 is 5.73 Å². The van der Waals surface area contributed by atoms with Crippen molar-refractivity contribution >= 4 is 0 Å². The van der Waals surface area contributed by atoms with Crippen molar-refractivity contribution in [1.82, 2.24) is 4.90 Å². The molecule has 0 aromatic rings. The fourth-order valence-electron chi connectivity index (χ4n) is 4.24. The van der Waals surface area contributed by atoms with E-state index in [9.17, 15) is 0 Å². The van der Waals surface area contributed by atoms with Crippen molar-refractivity contribution in [2.45, 2.75) is 57.4 Å². The lowest BCUT2D eigenvalue weighted by molar-refractivity contribution is 0.0474. The van der Waals surface area contributed by atoms with Gasteiger partial charge in [-0.25, -0.2) is 0 Å². The van der Waals surface area contributed by atoms with Crippen molar-refractivity contribution in [2.75, 3.05) is 20.1 Å². The van der Waals surface area contributed by atoms with Crippen LogP contribution in [0.1, 0.15) is 51.9 Å². The second-order valence-corrected chi connectivity index (χ2v) is 7.48. The molecule has 4 unspecified atom stereocenters. The molecule has 0 aromatic carbocycles. The highest BCUT2D eigenvalue weighted by Crippen LogP contribution is 2.48. The van der Waals surface area contributed by atoms with Crippen LogP contribution in [0.25, 0.3) is 0 Å². The molecule has 0 heterocycles. The fraction of sp³-hybridized carbons (Fsp3) is 1.00. The molecule has 3 rings (SSSR count). The normalized spacial score (nSPS) is 44.3. The first kappa shape index (κ1) is 12.9. The summed E-state index contributed by atoms with van der Waals surface area (Å²) in [5, 5.41) is 0. The molecule has 3 saturated carbocycles. The maximum Gasteiger partial charge on any atom is 0.0331 e. The van der Waals surface area contributed by atoms with Gasteiger partial charge in [-0.05, 0) is 62.8 Å². The Morgan fingerprint density at radius 1 is 1.22 bits per heavy atom. The Balaban J connectivity index is 1.63. The minimum absolute atomic E-state index is 0.341. The largest absolute Gasteiger partial charge is 0.329 e. The number of nitrogens with zero attached hydrogens (tertiary/aromatic N) is 1. The minimum atomic E-state index is 0.341. The average Bonchev–Trinajstić information content (AvgIpc) is 3.27. The zero-order valence-electron chi connectivity index (χ0n) is 12.2. The highest BCUT2D eigenvalue weighted by atomic mass is 15.2. The van der Waals surface area contributed by atoms with Crippen molar-refractivity contribution < 1.29 is 0 Å². The van der Waals surface area contributed by atoms with E-state index in [1.807, 2.05) is 0 Å². The minimum Gasteiger partial charge on any atom is -0.329 e. The van der Waals surface area contributed by atoms with Gasteiger partial charge in [-0.1, -0.05) is 19.8 Å². The summed E-state index contributed by atoms with van der Waals surface area (Å²) in [6.07, 6.45) is 10.0. The Morgan fingerprint density at radius 3 is 2.50 bits per heavy atom. The van der Waals surface area contributed by atoms with Gasteiger partial charge in [-0.15, -0.1) is 0 Å². The van der Waals surface area contributed by atoms with Gasteiger partial charge in [0.05, 0.1) is 0 Å². The van der Waals surface area contributed by atoms with Crippen LogP contribution in [0.5, 0.6) is 0 Å². The van der Waals surface area contributed by atoms with Gasteiger partial charge in [-0.3, -0.25) is 4.90 Å². The van der Waals surface area contributed by atoms with E-state index in [0.717, 1.165) is 30.2 Å². The van der Waals surface area contributed by atoms with E-state index in [2.05, 4.69) is 18.9 Å². The summed E-state index contributed by atoms with van der Waals surface area (Å²) in [5.74, 6) is 3.97. The maximum absolute atomic E-state index is 6.21. The SMILES string of the molecule is CC1CC1CN(C)C1(CN)CCCC(C2CC2)C1. The Hall–Kier alpha value is -0.0800. The number of hydrogen-bond acceptors (Lipinski definition) is 2. The Morgan fingerprint density at radius 2 is 1.94 bits per heavy atom. The first-order valence-electron chi connectivity index (χ1n) is 8.06. The summed E-state index contributed by atoms with van der Waals surface area (Å²) in [6.45, 7) is 4.55. The number of rotatable bonds is 5. The quantitative estimate of drug-likeness (QED) is 0.813. The standard InChI is InChI=1S/C16H30N2/c1-12-8-15(12)10-18(2)16(11-17)7-3-4-14(9-16)13-5-6-13/h12-15H,3-11,17H2,1-2H3. The van der Waals surface area contributed by atoms with E-state index in [1.54, 1.807) is 0 Å². The maximum atomic E-state index is 6.21. The molecule has 0 aliphatic heterocycles. The molecule has 4 atom stereocenters. The molecule has 0 radical (unpaired) electrons. The van der Waals surface area contributed by atoms with Crippen LogP contribution in [-0.4, -0.2) is 30.6 Å². The number of likely N-dealkylation sites (N-methyl/N-ethyl adjacent to an activating group) is 1. The van der Waals surface area contributed by atoms with Gasteiger partial charge in [-0.2, -0.15) is 0 Å². The second kappa shape index (κ2) is 4.79. The summed E-state index contributed by atoms with van der Waals surface area (Å²) < 4.78 is 0. The Kier molecular flexibility index (Phi) is 3.44. The van der Waals surface area contributed by atoms with Crippen LogP contribution in [0.15, 0.2) is 0 Å². The number of nitrogens with two attached hydrogens (primary N) is 1. The molecule has 2 nitrogen and oxygen atoms in total. The van der Waals surface area contributed by atoms with Gasteiger partial charge in [0.15, 0.2) is 0 Å². The summed E-state index contributed by atoms with van der Waals surface area (Å²) in [5.41, 5.74) is 6.55. The molecule has 3 aliphatic rings. The smallest absolute Gasteiger partial charge is 0.0331 e. The second-order valence-electron chi connectivity index (χ2n) is 7.48.